The van der Waals surface area contributed by atoms with E-state index in [4.69, 9.17) is 4.74 Å². The number of amides is 2. The summed E-state index contributed by atoms with van der Waals surface area (Å²) in [5.74, 6) is 5.99. The first kappa shape index (κ1) is 19.4. The minimum Gasteiger partial charge on any atom is -0.474 e. The average molecular weight is 406 g/mol. The Morgan fingerprint density at radius 3 is 2.80 bits per heavy atom. The lowest BCUT2D eigenvalue weighted by Crippen LogP contribution is -2.45. The van der Waals surface area contributed by atoms with Crippen molar-refractivity contribution in [3.8, 4) is 17.7 Å². The first-order chi connectivity index (χ1) is 14.5. The van der Waals surface area contributed by atoms with E-state index in [0.717, 1.165) is 11.8 Å². The van der Waals surface area contributed by atoms with E-state index in [-0.39, 0.29) is 6.03 Å². The van der Waals surface area contributed by atoms with Gasteiger partial charge in [-0.15, -0.1) is 0 Å². The summed E-state index contributed by atoms with van der Waals surface area (Å²) >= 11 is 0. The van der Waals surface area contributed by atoms with Gasteiger partial charge in [-0.1, -0.05) is 11.8 Å². The van der Waals surface area contributed by atoms with Crippen LogP contribution in [0, 0.1) is 17.7 Å². The molecule has 0 aliphatic carbocycles. The standard InChI is InChI=1S/C21H19FN6O2/c1-14(18-6-5-17(22)12-23-18)26-21(29)28-7-8-30-20-19(28)9-15(10-24-20)3-4-16-11-25-27(2)13-16/h5-6,9-14H,7-8H2,1-2H3,(H,26,29)/t14-/m0/s1. The lowest BCUT2D eigenvalue weighted by atomic mass is 10.2. The number of halogens is 1. The summed E-state index contributed by atoms with van der Waals surface area (Å²) in [5.41, 5.74) is 2.53. The molecule has 0 aromatic carbocycles. The quantitative estimate of drug-likeness (QED) is 0.661. The van der Waals surface area contributed by atoms with Crippen molar-refractivity contribution in [3.63, 3.8) is 0 Å². The molecule has 152 valence electrons. The number of anilines is 1. The minimum absolute atomic E-state index is 0.322. The van der Waals surface area contributed by atoms with E-state index in [0.29, 0.717) is 36.0 Å². The van der Waals surface area contributed by atoms with Crippen molar-refractivity contribution < 1.29 is 13.9 Å². The van der Waals surface area contributed by atoms with Crippen LogP contribution in [0.15, 0.2) is 43.0 Å². The van der Waals surface area contributed by atoms with Crippen LogP contribution in [-0.4, -0.2) is 38.9 Å². The third kappa shape index (κ3) is 4.22. The molecule has 8 nitrogen and oxygen atoms in total. The van der Waals surface area contributed by atoms with Gasteiger partial charge >= 0.3 is 6.03 Å². The molecule has 0 bridgehead atoms. The molecular weight excluding hydrogens is 387 g/mol. The van der Waals surface area contributed by atoms with E-state index in [1.54, 1.807) is 41.0 Å². The second kappa shape index (κ2) is 8.21. The Morgan fingerprint density at radius 2 is 2.07 bits per heavy atom. The van der Waals surface area contributed by atoms with Crippen molar-refractivity contribution in [1.82, 2.24) is 25.1 Å². The second-order valence-corrected chi connectivity index (χ2v) is 6.77. The molecule has 3 aromatic heterocycles. The zero-order valence-corrected chi connectivity index (χ0v) is 16.5. The number of nitrogens with one attached hydrogen (secondary N) is 1. The van der Waals surface area contributed by atoms with Crippen LogP contribution in [0.2, 0.25) is 0 Å². The van der Waals surface area contributed by atoms with Crippen LogP contribution >= 0.6 is 0 Å². The van der Waals surface area contributed by atoms with Crippen LogP contribution in [0.4, 0.5) is 14.9 Å². The van der Waals surface area contributed by atoms with Crippen LogP contribution in [0.25, 0.3) is 0 Å². The highest BCUT2D eigenvalue weighted by molar-refractivity contribution is 5.94. The first-order valence-corrected chi connectivity index (χ1v) is 9.32. The molecular formula is C21H19FN6O2. The largest absolute Gasteiger partial charge is 0.474 e. The third-order valence-electron chi connectivity index (χ3n) is 4.51. The van der Waals surface area contributed by atoms with Gasteiger partial charge in [-0.05, 0) is 25.1 Å². The summed E-state index contributed by atoms with van der Waals surface area (Å²) in [6.07, 6.45) is 6.22. The van der Waals surface area contributed by atoms with Crippen LogP contribution in [0.1, 0.15) is 29.8 Å². The number of urea groups is 1. The number of carbonyl (C=O) groups is 1. The van der Waals surface area contributed by atoms with Gasteiger partial charge in [0.25, 0.3) is 0 Å². The average Bonchev–Trinajstić information content (AvgIpc) is 3.17. The summed E-state index contributed by atoms with van der Waals surface area (Å²) in [4.78, 5) is 22.8. The predicted octanol–water partition coefficient (Wildman–Crippen LogP) is 2.42. The summed E-state index contributed by atoms with van der Waals surface area (Å²) in [6.45, 7) is 2.48. The van der Waals surface area contributed by atoms with Crippen molar-refractivity contribution in [3.05, 3.63) is 65.6 Å². The Bertz CT molecular complexity index is 1130. The van der Waals surface area contributed by atoms with Gasteiger partial charge in [0, 0.05) is 25.0 Å². The van der Waals surface area contributed by atoms with Gasteiger partial charge in [0.05, 0.1) is 36.2 Å². The number of rotatable bonds is 2. The number of pyridine rings is 2. The van der Waals surface area contributed by atoms with Crippen LogP contribution in [-0.2, 0) is 7.05 Å². The van der Waals surface area contributed by atoms with E-state index < -0.39 is 11.9 Å². The van der Waals surface area contributed by atoms with Crippen molar-refractivity contribution >= 4 is 11.7 Å². The fraction of sp³-hybridized carbons (Fsp3) is 0.238. The highest BCUT2D eigenvalue weighted by atomic mass is 19.1. The SMILES string of the molecule is C[C@H](NC(=O)N1CCOc2ncc(C#Cc3cnn(C)c3)cc21)c1ccc(F)cn1. The summed E-state index contributed by atoms with van der Waals surface area (Å²) in [5, 5.41) is 6.96. The molecule has 0 saturated heterocycles. The second-order valence-electron chi connectivity index (χ2n) is 6.77. The molecule has 1 atom stereocenters. The normalized spacial score (nSPS) is 13.5. The fourth-order valence-corrected chi connectivity index (χ4v) is 2.99. The number of fused-ring (bicyclic) bond motifs is 1. The lowest BCUT2D eigenvalue weighted by Gasteiger charge is -2.29. The molecule has 4 heterocycles. The Morgan fingerprint density at radius 1 is 1.23 bits per heavy atom. The molecule has 0 unspecified atom stereocenters. The molecule has 0 spiro atoms. The number of aromatic nitrogens is 4. The molecule has 1 aliphatic heterocycles. The summed E-state index contributed by atoms with van der Waals surface area (Å²) in [7, 11) is 1.82. The molecule has 0 saturated carbocycles. The predicted molar refractivity (Wildman–Crippen MR) is 107 cm³/mol. The number of nitrogens with zero attached hydrogens (tertiary/aromatic N) is 5. The van der Waals surface area contributed by atoms with Crippen molar-refractivity contribution in [1.29, 1.82) is 0 Å². The third-order valence-corrected chi connectivity index (χ3v) is 4.51. The molecule has 3 aromatic rings. The van der Waals surface area contributed by atoms with Crippen molar-refractivity contribution in [2.45, 2.75) is 13.0 Å². The maximum absolute atomic E-state index is 13.1. The van der Waals surface area contributed by atoms with Gasteiger partial charge in [0.1, 0.15) is 18.1 Å². The molecule has 1 aliphatic rings. The first-order valence-electron chi connectivity index (χ1n) is 9.32. The zero-order valence-electron chi connectivity index (χ0n) is 16.5. The number of ether oxygens (including phenoxy) is 1. The van der Waals surface area contributed by atoms with Gasteiger partial charge in [0.2, 0.25) is 5.88 Å². The summed E-state index contributed by atoms with van der Waals surface area (Å²) < 4.78 is 20.3. The van der Waals surface area contributed by atoms with Crippen molar-refractivity contribution in [2.75, 3.05) is 18.1 Å². The Balaban J connectivity index is 1.54. The molecule has 0 radical (unpaired) electrons. The maximum atomic E-state index is 13.1. The highest BCUT2D eigenvalue weighted by Crippen LogP contribution is 2.30. The number of carbonyl (C=O) groups excluding carboxylic acids is 1. The summed E-state index contributed by atoms with van der Waals surface area (Å²) in [6, 6.07) is 3.90. The fourth-order valence-electron chi connectivity index (χ4n) is 2.99. The van der Waals surface area contributed by atoms with Crippen LogP contribution in [0.5, 0.6) is 5.88 Å². The van der Waals surface area contributed by atoms with Crippen LogP contribution < -0.4 is 15.0 Å². The zero-order chi connectivity index (χ0) is 21.1. The monoisotopic (exact) mass is 406 g/mol. The Labute approximate surface area is 172 Å². The number of aryl methyl sites for hydroxylation is 1. The van der Waals surface area contributed by atoms with E-state index in [1.807, 2.05) is 13.2 Å². The Kier molecular flexibility index (Phi) is 5.30. The topological polar surface area (TPSA) is 85.2 Å². The molecule has 0 fully saturated rings. The van der Waals surface area contributed by atoms with Gasteiger partial charge < -0.3 is 10.1 Å². The van der Waals surface area contributed by atoms with E-state index in [1.165, 1.54) is 6.07 Å². The van der Waals surface area contributed by atoms with E-state index >= 15 is 0 Å². The lowest BCUT2D eigenvalue weighted by molar-refractivity contribution is 0.235. The van der Waals surface area contributed by atoms with Crippen LogP contribution in [0.3, 0.4) is 0 Å². The van der Waals surface area contributed by atoms with Crippen molar-refractivity contribution in [2.24, 2.45) is 7.05 Å². The van der Waals surface area contributed by atoms with Gasteiger partial charge in [0.15, 0.2) is 0 Å². The smallest absolute Gasteiger partial charge is 0.322 e. The molecule has 1 N–H and O–H groups in total. The van der Waals surface area contributed by atoms with Gasteiger partial charge in [-0.3, -0.25) is 14.6 Å². The molecule has 4 rings (SSSR count). The molecule has 9 heteroatoms. The maximum Gasteiger partial charge on any atom is 0.322 e. The van der Waals surface area contributed by atoms with E-state index in [9.17, 15) is 9.18 Å². The van der Waals surface area contributed by atoms with E-state index in [2.05, 4.69) is 32.2 Å². The number of hydrogen-bond acceptors (Lipinski definition) is 5. The Hall–Kier alpha value is -3.93. The minimum atomic E-state index is -0.426. The van der Waals surface area contributed by atoms with Gasteiger partial charge in [-0.25, -0.2) is 14.2 Å². The van der Waals surface area contributed by atoms with Gasteiger partial charge in [-0.2, -0.15) is 5.10 Å². The molecule has 2 amide bonds. The number of hydrogen-bond donors (Lipinski definition) is 1. The molecule has 30 heavy (non-hydrogen) atoms. The highest BCUT2D eigenvalue weighted by Gasteiger charge is 2.26.